The van der Waals surface area contributed by atoms with E-state index in [1.54, 1.807) is 0 Å². The van der Waals surface area contributed by atoms with Crippen LogP contribution in [0.25, 0.3) is 0 Å². The molecule has 0 atom stereocenters. The molecule has 0 N–H and O–H groups in total. The van der Waals surface area contributed by atoms with Crippen LogP contribution < -0.4 is 4.74 Å². The molecular formula is C19H21NO. The summed E-state index contributed by atoms with van der Waals surface area (Å²) in [4.78, 5) is 2.56. The van der Waals surface area contributed by atoms with E-state index in [0.29, 0.717) is 5.41 Å². The molecule has 2 aromatic rings. The summed E-state index contributed by atoms with van der Waals surface area (Å²) < 4.78 is 5.97. The molecule has 0 aliphatic carbocycles. The van der Waals surface area contributed by atoms with Gasteiger partial charge in [0.05, 0.1) is 6.61 Å². The second-order valence-electron chi connectivity index (χ2n) is 6.52. The minimum Gasteiger partial charge on any atom is -0.493 e. The second-order valence-corrected chi connectivity index (χ2v) is 6.52. The Kier molecular flexibility index (Phi) is 3.19. The van der Waals surface area contributed by atoms with Crippen molar-refractivity contribution in [1.29, 1.82) is 0 Å². The summed E-state index contributed by atoms with van der Waals surface area (Å²) in [5.41, 5.74) is 3.18. The summed E-state index contributed by atoms with van der Waals surface area (Å²) in [6, 6.07) is 19.2. The van der Waals surface area contributed by atoms with Crippen LogP contribution in [-0.2, 0) is 12.8 Å². The fourth-order valence-electron chi connectivity index (χ4n) is 3.67. The molecule has 0 aromatic heterocycles. The maximum atomic E-state index is 5.97. The van der Waals surface area contributed by atoms with Crippen LogP contribution in [0.5, 0.6) is 5.75 Å². The van der Waals surface area contributed by atoms with E-state index >= 15 is 0 Å². The van der Waals surface area contributed by atoms with Crippen molar-refractivity contribution in [1.82, 2.24) is 4.90 Å². The van der Waals surface area contributed by atoms with Crippen LogP contribution in [0.4, 0.5) is 0 Å². The normalized spacial score (nSPS) is 19.6. The Hall–Kier alpha value is -1.80. The first-order valence-electron chi connectivity index (χ1n) is 7.80. The first-order chi connectivity index (χ1) is 10.3. The zero-order valence-electron chi connectivity index (χ0n) is 12.3. The van der Waals surface area contributed by atoms with E-state index in [1.165, 1.54) is 30.6 Å². The van der Waals surface area contributed by atoms with Gasteiger partial charge in [0.2, 0.25) is 0 Å². The third-order valence-electron chi connectivity index (χ3n) is 4.75. The summed E-state index contributed by atoms with van der Waals surface area (Å²) in [5, 5.41) is 0. The molecule has 2 heteroatoms. The summed E-state index contributed by atoms with van der Waals surface area (Å²) in [7, 11) is 0. The van der Waals surface area contributed by atoms with Crippen LogP contribution in [0, 0.1) is 5.41 Å². The average Bonchev–Trinajstić information content (AvgIpc) is 2.51. The molecule has 21 heavy (non-hydrogen) atoms. The highest BCUT2D eigenvalue weighted by atomic mass is 16.5. The number of para-hydroxylation sites is 1. The number of ether oxygens (including phenoxy) is 1. The lowest BCUT2D eigenvalue weighted by molar-refractivity contribution is -0.0421. The summed E-state index contributed by atoms with van der Waals surface area (Å²) in [6.07, 6.45) is 2.32. The monoisotopic (exact) mass is 279 g/mol. The van der Waals surface area contributed by atoms with E-state index in [9.17, 15) is 0 Å². The van der Waals surface area contributed by atoms with Crippen molar-refractivity contribution in [2.45, 2.75) is 12.8 Å². The summed E-state index contributed by atoms with van der Waals surface area (Å²) >= 11 is 0. The van der Waals surface area contributed by atoms with Crippen LogP contribution >= 0.6 is 0 Å². The molecule has 0 radical (unpaired) electrons. The number of hydrogen-bond donors (Lipinski definition) is 0. The Labute approximate surface area is 126 Å². The van der Waals surface area contributed by atoms with Gasteiger partial charge in [-0.3, -0.25) is 0 Å². The van der Waals surface area contributed by atoms with E-state index < -0.39 is 0 Å². The molecule has 1 fully saturated rings. The Balaban J connectivity index is 1.33. The number of likely N-dealkylation sites (tertiary alicyclic amines) is 1. The van der Waals surface area contributed by atoms with Crippen molar-refractivity contribution < 1.29 is 4.74 Å². The van der Waals surface area contributed by atoms with Gasteiger partial charge in [0.15, 0.2) is 0 Å². The second kappa shape index (κ2) is 5.19. The molecule has 2 aliphatic heterocycles. The Bertz CT molecular complexity index is 616. The maximum absolute atomic E-state index is 5.97. The molecule has 0 saturated carbocycles. The largest absolute Gasteiger partial charge is 0.493 e. The van der Waals surface area contributed by atoms with Gasteiger partial charge in [-0.1, -0.05) is 48.5 Å². The highest BCUT2D eigenvalue weighted by Gasteiger charge is 2.45. The number of fused-ring (bicyclic) bond motifs is 1. The highest BCUT2D eigenvalue weighted by molar-refractivity contribution is 5.36. The molecule has 1 saturated heterocycles. The lowest BCUT2D eigenvalue weighted by Crippen LogP contribution is -2.61. The fraction of sp³-hybridized carbons (Fsp3) is 0.368. The zero-order valence-corrected chi connectivity index (χ0v) is 12.3. The topological polar surface area (TPSA) is 12.5 Å². The van der Waals surface area contributed by atoms with Gasteiger partial charge < -0.3 is 9.64 Å². The van der Waals surface area contributed by atoms with Crippen LogP contribution in [-0.4, -0.2) is 31.1 Å². The minimum atomic E-state index is 0.366. The fourth-order valence-corrected chi connectivity index (χ4v) is 3.67. The third-order valence-corrected chi connectivity index (χ3v) is 4.75. The number of hydrogen-bond acceptors (Lipinski definition) is 2. The first kappa shape index (κ1) is 12.9. The van der Waals surface area contributed by atoms with E-state index in [0.717, 1.165) is 25.3 Å². The van der Waals surface area contributed by atoms with Crippen molar-refractivity contribution in [3.63, 3.8) is 0 Å². The lowest BCUT2D eigenvalue weighted by atomic mass is 9.74. The molecule has 2 aromatic carbocycles. The Morgan fingerprint density at radius 1 is 0.952 bits per heavy atom. The molecule has 4 rings (SSSR count). The van der Waals surface area contributed by atoms with Crippen molar-refractivity contribution in [3.05, 3.63) is 65.7 Å². The van der Waals surface area contributed by atoms with Gasteiger partial charge in [-0.2, -0.15) is 0 Å². The summed E-state index contributed by atoms with van der Waals surface area (Å²) in [6.45, 7) is 4.39. The van der Waals surface area contributed by atoms with Crippen molar-refractivity contribution in [2.24, 2.45) is 5.41 Å². The molecular weight excluding hydrogens is 258 g/mol. The zero-order chi connectivity index (χ0) is 14.1. The van der Waals surface area contributed by atoms with Crippen LogP contribution in [0.15, 0.2) is 54.6 Å². The molecule has 2 heterocycles. The van der Waals surface area contributed by atoms with Crippen molar-refractivity contribution in [3.8, 4) is 5.75 Å². The Morgan fingerprint density at radius 2 is 1.71 bits per heavy atom. The predicted molar refractivity (Wildman–Crippen MR) is 84.7 cm³/mol. The average molecular weight is 279 g/mol. The van der Waals surface area contributed by atoms with E-state index in [1.807, 2.05) is 0 Å². The molecule has 2 nitrogen and oxygen atoms in total. The first-order valence-corrected chi connectivity index (χ1v) is 7.80. The van der Waals surface area contributed by atoms with E-state index in [2.05, 4.69) is 59.5 Å². The maximum Gasteiger partial charge on any atom is 0.122 e. The third kappa shape index (κ3) is 2.56. The quantitative estimate of drug-likeness (QED) is 0.855. The summed E-state index contributed by atoms with van der Waals surface area (Å²) in [5.74, 6) is 1.09. The van der Waals surface area contributed by atoms with E-state index in [4.69, 9.17) is 4.74 Å². The van der Waals surface area contributed by atoms with Crippen molar-refractivity contribution in [2.75, 3.05) is 26.2 Å². The molecule has 1 spiro atoms. The van der Waals surface area contributed by atoms with Gasteiger partial charge in [0.25, 0.3) is 0 Å². The molecule has 2 aliphatic rings. The van der Waals surface area contributed by atoms with Gasteiger partial charge in [0.1, 0.15) is 5.75 Å². The minimum absolute atomic E-state index is 0.366. The Morgan fingerprint density at radius 3 is 2.57 bits per heavy atom. The number of benzene rings is 2. The molecule has 0 unspecified atom stereocenters. The number of nitrogens with zero attached hydrogens (tertiary/aromatic N) is 1. The molecule has 0 amide bonds. The molecule has 108 valence electrons. The number of rotatable bonds is 3. The standard InChI is InChI=1S/C19H21NO/c1-2-6-16(7-3-1)10-11-20-13-19(14-20)12-17-8-4-5-9-18(17)21-15-19/h1-9H,10-15H2. The predicted octanol–water partition coefficient (Wildman–Crippen LogP) is 3.17. The van der Waals surface area contributed by atoms with Gasteiger partial charge in [0, 0.05) is 25.0 Å². The van der Waals surface area contributed by atoms with Gasteiger partial charge in [-0.15, -0.1) is 0 Å². The van der Waals surface area contributed by atoms with Crippen molar-refractivity contribution >= 4 is 0 Å². The lowest BCUT2D eigenvalue weighted by Gasteiger charge is -2.52. The van der Waals surface area contributed by atoms with Gasteiger partial charge in [-0.05, 0) is 30.0 Å². The highest BCUT2D eigenvalue weighted by Crippen LogP contribution is 2.40. The van der Waals surface area contributed by atoms with Gasteiger partial charge >= 0.3 is 0 Å². The SMILES string of the molecule is c1ccc(CCN2CC3(COc4ccccc4C3)C2)cc1. The molecule has 0 bridgehead atoms. The smallest absolute Gasteiger partial charge is 0.122 e. The van der Waals surface area contributed by atoms with Gasteiger partial charge in [-0.25, -0.2) is 0 Å². The van der Waals surface area contributed by atoms with Crippen LogP contribution in [0.3, 0.4) is 0 Å². The van der Waals surface area contributed by atoms with Crippen LogP contribution in [0.2, 0.25) is 0 Å². The van der Waals surface area contributed by atoms with E-state index in [-0.39, 0.29) is 0 Å². The van der Waals surface area contributed by atoms with Crippen LogP contribution in [0.1, 0.15) is 11.1 Å².